The van der Waals surface area contributed by atoms with Crippen LogP contribution < -0.4 is 4.90 Å². The fourth-order valence-electron chi connectivity index (χ4n) is 5.30. The van der Waals surface area contributed by atoms with Crippen LogP contribution in [0.2, 0.25) is 0 Å². The van der Waals surface area contributed by atoms with E-state index in [4.69, 9.17) is 4.98 Å². The molecule has 156 valence electrons. The lowest BCUT2D eigenvalue weighted by Crippen LogP contribution is -2.42. The first-order valence-corrected chi connectivity index (χ1v) is 11.4. The number of fused-ring (bicyclic) bond motifs is 3. The maximum absolute atomic E-state index is 10.2. The van der Waals surface area contributed by atoms with Gasteiger partial charge in [0.1, 0.15) is 11.9 Å². The molecule has 5 heteroatoms. The predicted molar refractivity (Wildman–Crippen MR) is 122 cm³/mol. The fourth-order valence-corrected chi connectivity index (χ4v) is 5.30. The quantitative estimate of drug-likeness (QED) is 0.579. The largest absolute Gasteiger partial charge is 0.342 e. The molecule has 1 aliphatic heterocycles. The van der Waals surface area contributed by atoms with Gasteiger partial charge in [0.25, 0.3) is 0 Å². The lowest BCUT2D eigenvalue weighted by atomic mass is 9.94. The Morgan fingerprint density at radius 3 is 2.70 bits per heavy atom. The molecule has 2 fully saturated rings. The van der Waals surface area contributed by atoms with Crippen LogP contribution in [0.25, 0.3) is 16.7 Å². The number of hydrogen-bond donors (Lipinski definition) is 0. The van der Waals surface area contributed by atoms with Crippen molar-refractivity contribution in [1.29, 1.82) is 5.26 Å². The smallest absolute Gasteiger partial charge is 0.157 e. The van der Waals surface area contributed by atoms with Gasteiger partial charge in [0, 0.05) is 6.54 Å². The van der Waals surface area contributed by atoms with E-state index < -0.39 is 0 Å². The molecule has 30 heavy (non-hydrogen) atoms. The summed E-state index contributed by atoms with van der Waals surface area (Å²) in [6.45, 7) is 3.31. The van der Waals surface area contributed by atoms with Crippen LogP contribution in [-0.4, -0.2) is 41.1 Å². The van der Waals surface area contributed by atoms with Gasteiger partial charge < -0.3 is 4.90 Å². The normalized spacial score (nSPS) is 19.3. The van der Waals surface area contributed by atoms with Crippen LogP contribution in [0.3, 0.4) is 0 Å². The van der Waals surface area contributed by atoms with E-state index in [1.807, 2.05) is 6.07 Å². The summed E-state index contributed by atoms with van der Waals surface area (Å²) in [6.07, 6.45) is 8.49. The molecule has 0 bridgehead atoms. The van der Waals surface area contributed by atoms with Gasteiger partial charge in [0.05, 0.1) is 22.8 Å². The maximum atomic E-state index is 10.2. The third-order valence-electron chi connectivity index (χ3n) is 6.83. The highest BCUT2D eigenvalue weighted by Gasteiger charge is 2.37. The van der Waals surface area contributed by atoms with Gasteiger partial charge >= 0.3 is 0 Å². The SMILES string of the molecule is CCCCc1c(C2CC2)c(C#N)c2nc3ccccc3n2c1N1CCCC1N(C)C. The van der Waals surface area contributed by atoms with E-state index >= 15 is 0 Å². The van der Waals surface area contributed by atoms with Crippen LogP contribution in [0, 0.1) is 11.3 Å². The summed E-state index contributed by atoms with van der Waals surface area (Å²) in [5, 5.41) is 10.2. The third-order valence-corrected chi connectivity index (χ3v) is 6.83. The van der Waals surface area contributed by atoms with Crippen molar-refractivity contribution in [3.63, 3.8) is 0 Å². The lowest BCUT2D eigenvalue weighted by Gasteiger charge is -2.34. The zero-order valence-electron chi connectivity index (χ0n) is 18.4. The van der Waals surface area contributed by atoms with Crippen LogP contribution in [-0.2, 0) is 6.42 Å². The van der Waals surface area contributed by atoms with E-state index in [1.165, 1.54) is 42.6 Å². The molecule has 1 atom stereocenters. The summed E-state index contributed by atoms with van der Waals surface area (Å²) < 4.78 is 2.31. The second-order valence-electron chi connectivity index (χ2n) is 9.12. The predicted octanol–water partition coefficient (Wildman–Crippen LogP) is 5.07. The number of rotatable bonds is 6. The van der Waals surface area contributed by atoms with E-state index in [0.717, 1.165) is 48.1 Å². The summed E-state index contributed by atoms with van der Waals surface area (Å²) in [7, 11) is 4.37. The second-order valence-corrected chi connectivity index (χ2v) is 9.12. The van der Waals surface area contributed by atoms with Crippen LogP contribution >= 0.6 is 0 Å². The highest BCUT2D eigenvalue weighted by Crippen LogP contribution is 2.48. The Bertz CT molecular complexity index is 1130. The van der Waals surface area contributed by atoms with Crippen molar-refractivity contribution >= 4 is 22.5 Å². The third kappa shape index (κ3) is 2.97. The van der Waals surface area contributed by atoms with Crippen molar-refractivity contribution in [2.75, 3.05) is 25.5 Å². The van der Waals surface area contributed by atoms with Crippen LogP contribution in [0.15, 0.2) is 24.3 Å². The Hall–Kier alpha value is -2.58. The Kier molecular flexibility index (Phi) is 4.91. The van der Waals surface area contributed by atoms with Gasteiger partial charge in [-0.15, -0.1) is 0 Å². The molecule has 2 aromatic heterocycles. The molecule has 0 N–H and O–H groups in total. The summed E-state index contributed by atoms with van der Waals surface area (Å²) in [5.41, 5.74) is 6.45. The van der Waals surface area contributed by atoms with Crippen molar-refractivity contribution in [1.82, 2.24) is 14.3 Å². The van der Waals surface area contributed by atoms with Gasteiger partial charge in [-0.2, -0.15) is 5.26 Å². The van der Waals surface area contributed by atoms with Gasteiger partial charge in [-0.3, -0.25) is 9.30 Å². The van der Waals surface area contributed by atoms with Crippen molar-refractivity contribution in [2.24, 2.45) is 0 Å². The van der Waals surface area contributed by atoms with E-state index in [-0.39, 0.29) is 0 Å². The summed E-state index contributed by atoms with van der Waals surface area (Å²) in [6, 6.07) is 10.9. The number of pyridine rings is 1. The summed E-state index contributed by atoms with van der Waals surface area (Å²) in [4.78, 5) is 9.92. The van der Waals surface area contributed by atoms with Crippen LogP contribution in [0.1, 0.15) is 68.1 Å². The molecule has 0 radical (unpaired) electrons. The zero-order chi connectivity index (χ0) is 20.8. The first kappa shape index (κ1) is 19.4. The van der Waals surface area contributed by atoms with Gasteiger partial charge in [-0.25, -0.2) is 4.98 Å². The minimum atomic E-state index is 0.384. The Morgan fingerprint density at radius 1 is 1.20 bits per heavy atom. The first-order valence-electron chi connectivity index (χ1n) is 11.4. The lowest BCUT2D eigenvalue weighted by molar-refractivity contribution is 0.299. The monoisotopic (exact) mass is 401 g/mol. The second kappa shape index (κ2) is 7.59. The van der Waals surface area contributed by atoms with Gasteiger partial charge in [-0.05, 0) is 81.8 Å². The first-order chi connectivity index (χ1) is 14.7. The molecule has 3 heterocycles. The van der Waals surface area contributed by atoms with Gasteiger partial charge in [0.2, 0.25) is 0 Å². The average Bonchev–Trinajstić information content (AvgIpc) is 3.33. The van der Waals surface area contributed by atoms with Crippen molar-refractivity contribution in [3.05, 3.63) is 41.0 Å². The Labute approximate surface area is 178 Å². The number of hydrogen-bond acceptors (Lipinski definition) is 4. The summed E-state index contributed by atoms with van der Waals surface area (Å²) >= 11 is 0. The number of unbranched alkanes of at least 4 members (excludes halogenated alkanes) is 1. The van der Waals surface area contributed by atoms with Crippen molar-refractivity contribution in [2.45, 2.75) is 64.0 Å². The number of nitriles is 1. The number of benzene rings is 1. The van der Waals surface area contributed by atoms with Crippen LogP contribution in [0.5, 0.6) is 0 Å². The highest BCUT2D eigenvalue weighted by atomic mass is 15.4. The molecule has 0 spiro atoms. The standard InChI is InChI=1S/C25H31N5/c1-4-5-9-18-23(17-13-14-17)19(16-26)24-27-20-10-6-7-11-21(20)30(24)25(18)29-15-8-12-22(29)28(2)3/h6-7,10-11,17,22H,4-5,8-9,12-15H2,1-3H3. The summed E-state index contributed by atoms with van der Waals surface area (Å²) in [5.74, 6) is 1.82. The highest BCUT2D eigenvalue weighted by molar-refractivity contribution is 5.87. The fraction of sp³-hybridized carbons (Fsp3) is 0.520. The Balaban J connectivity index is 1.90. The minimum absolute atomic E-state index is 0.384. The number of nitrogens with zero attached hydrogens (tertiary/aromatic N) is 5. The molecule has 2 aliphatic rings. The number of anilines is 1. The zero-order valence-corrected chi connectivity index (χ0v) is 18.4. The molecule has 3 aromatic rings. The van der Waals surface area contributed by atoms with Crippen LogP contribution in [0.4, 0.5) is 5.82 Å². The molecular formula is C25H31N5. The molecular weight excluding hydrogens is 370 g/mol. The van der Waals surface area contributed by atoms with Crippen molar-refractivity contribution in [3.8, 4) is 6.07 Å². The molecule has 5 rings (SSSR count). The molecule has 1 saturated carbocycles. The van der Waals surface area contributed by atoms with Crippen molar-refractivity contribution < 1.29 is 0 Å². The van der Waals surface area contributed by atoms with Gasteiger partial charge in [-0.1, -0.05) is 25.5 Å². The topological polar surface area (TPSA) is 47.6 Å². The molecule has 1 unspecified atom stereocenters. The number of aromatic nitrogens is 2. The molecule has 0 amide bonds. The minimum Gasteiger partial charge on any atom is -0.342 e. The van der Waals surface area contributed by atoms with E-state index in [2.05, 4.69) is 59.5 Å². The molecule has 1 aliphatic carbocycles. The van der Waals surface area contributed by atoms with E-state index in [0.29, 0.717) is 12.1 Å². The number of imidazole rings is 1. The maximum Gasteiger partial charge on any atom is 0.157 e. The molecule has 1 saturated heterocycles. The van der Waals surface area contributed by atoms with E-state index in [9.17, 15) is 5.26 Å². The molecule has 5 nitrogen and oxygen atoms in total. The van der Waals surface area contributed by atoms with E-state index in [1.54, 1.807) is 0 Å². The molecule has 1 aromatic carbocycles. The Morgan fingerprint density at radius 2 is 2.00 bits per heavy atom. The number of para-hydroxylation sites is 2. The average molecular weight is 402 g/mol. The van der Waals surface area contributed by atoms with Gasteiger partial charge in [0.15, 0.2) is 5.65 Å².